The highest BCUT2D eigenvalue weighted by Gasteiger charge is 2.35. The highest BCUT2D eigenvalue weighted by molar-refractivity contribution is 5.73. The number of hydrogen-bond donors (Lipinski definition) is 2. The van der Waals surface area contributed by atoms with Crippen molar-refractivity contribution in [2.75, 3.05) is 0 Å². The zero-order valence-electron chi connectivity index (χ0n) is 5.26. The maximum Gasteiger partial charge on any atom is 0.431 e. The number of alkyl halides is 3. The van der Waals surface area contributed by atoms with Crippen LogP contribution in [0.15, 0.2) is 16.8 Å². The SMILES string of the molecule is OC1N=CC=C(C(F)(F)F)N1. The number of halogens is 3. The molecule has 0 radical (unpaired) electrons. The standard InChI is InChI=1S/C5H5F3N2O/c6-5(7,8)3-1-2-9-4(11)10-3/h1-2,4,10-11H. The molecule has 1 unspecified atom stereocenters. The van der Waals surface area contributed by atoms with Gasteiger partial charge >= 0.3 is 6.18 Å². The molecule has 0 fully saturated rings. The molecule has 62 valence electrons. The Morgan fingerprint density at radius 3 is 2.55 bits per heavy atom. The fraction of sp³-hybridized carbons (Fsp3) is 0.400. The fourth-order valence-corrected chi connectivity index (χ4v) is 0.600. The first-order valence-corrected chi connectivity index (χ1v) is 2.75. The maximum absolute atomic E-state index is 11.8. The predicted octanol–water partition coefficient (Wildman–Crippen LogP) is 0.383. The molecule has 1 aliphatic heterocycles. The van der Waals surface area contributed by atoms with E-state index in [1.807, 2.05) is 0 Å². The molecule has 0 aromatic rings. The van der Waals surface area contributed by atoms with Crippen LogP contribution in [-0.4, -0.2) is 23.8 Å². The molecular weight excluding hydrogens is 161 g/mol. The fourth-order valence-electron chi connectivity index (χ4n) is 0.600. The molecule has 3 nitrogen and oxygen atoms in total. The molecular formula is C5H5F3N2O. The summed E-state index contributed by atoms with van der Waals surface area (Å²) in [6.45, 7) is 0. The molecule has 0 aliphatic carbocycles. The minimum Gasteiger partial charge on any atom is -0.355 e. The van der Waals surface area contributed by atoms with Crippen molar-refractivity contribution in [3.63, 3.8) is 0 Å². The molecule has 6 heteroatoms. The molecule has 2 N–H and O–H groups in total. The lowest BCUT2D eigenvalue weighted by atomic mass is 10.3. The normalized spacial score (nSPS) is 24.4. The zero-order chi connectivity index (χ0) is 8.48. The second-order valence-electron chi connectivity index (χ2n) is 1.89. The smallest absolute Gasteiger partial charge is 0.355 e. The lowest BCUT2D eigenvalue weighted by Gasteiger charge is -2.18. The topological polar surface area (TPSA) is 44.6 Å². The molecule has 11 heavy (non-hydrogen) atoms. The predicted molar refractivity (Wildman–Crippen MR) is 31.8 cm³/mol. The molecule has 0 spiro atoms. The number of rotatable bonds is 0. The third kappa shape index (κ3) is 1.94. The molecule has 0 saturated carbocycles. The first-order valence-electron chi connectivity index (χ1n) is 2.75. The van der Waals surface area contributed by atoms with Crippen molar-refractivity contribution in [2.24, 2.45) is 4.99 Å². The molecule has 0 aromatic carbocycles. The number of aliphatic hydroxyl groups excluding tert-OH is 1. The van der Waals surface area contributed by atoms with Gasteiger partial charge in [0.25, 0.3) is 0 Å². The van der Waals surface area contributed by atoms with E-state index in [-0.39, 0.29) is 0 Å². The number of aliphatic imine (C=N–C) groups is 1. The van der Waals surface area contributed by atoms with Crippen LogP contribution in [0.25, 0.3) is 0 Å². The summed E-state index contributed by atoms with van der Waals surface area (Å²) in [4.78, 5) is 3.24. The molecule has 0 aromatic heterocycles. The van der Waals surface area contributed by atoms with Crippen molar-refractivity contribution >= 4 is 6.21 Å². The molecule has 0 bridgehead atoms. The Hall–Kier alpha value is -1.04. The summed E-state index contributed by atoms with van der Waals surface area (Å²) in [5.74, 6) is 0. The highest BCUT2D eigenvalue weighted by atomic mass is 19.4. The minimum absolute atomic E-state index is 0.757. The van der Waals surface area contributed by atoms with E-state index in [2.05, 4.69) is 4.99 Å². The van der Waals surface area contributed by atoms with Crippen molar-refractivity contribution in [3.05, 3.63) is 11.8 Å². The van der Waals surface area contributed by atoms with E-state index in [1.54, 1.807) is 5.32 Å². The van der Waals surface area contributed by atoms with Gasteiger partial charge in [-0.25, -0.2) is 4.99 Å². The Morgan fingerprint density at radius 1 is 1.55 bits per heavy atom. The van der Waals surface area contributed by atoms with Crippen molar-refractivity contribution in [2.45, 2.75) is 12.5 Å². The van der Waals surface area contributed by atoms with Gasteiger partial charge in [-0.3, -0.25) is 0 Å². The second-order valence-corrected chi connectivity index (χ2v) is 1.89. The van der Waals surface area contributed by atoms with Crippen LogP contribution >= 0.6 is 0 Å². The molecule has 1 rings (SSSR count). The molecule has 0 saturated heterocycles. The molecule has 0 amide bonds. The van der Waals surface area contributed by atoms with Crippen molar-refractivity contribution < 1.29 is 18.3 Å². The quantitative estimate of drug-likeness (QED) is 0.546. The summed E-state index contributed by atoms with van der Waals surface area (Å²) in [7, 11) is 0. The van der Waals surface area contributed by atoms with Crippen LogP contribution in [0.1, 0.15) is 0 Å². The van der Waals surface area contributed by atoms with E-state index in [9.17, 15) is 13.2 Å². The van der Waals surface area contributed by atoms with Gasteiger partial charge in [-0.15, -0.1) is 0 Å². The summed E-state index contributed by atoms with van der Waals surface area (Å²) < 4.78 is 35.4. The Bertz CT molecular complexity index is 208. The van der Waals surface area contributed by atoms with Crippen LogP contribution in [0.2, 0.25) is 0 Å². The van der Waals surface area contributed by atoms with Crippen LogP contribution in [0.4, 0.5) is 13.2 Å². The Labute approximate surface area is 60.2 Å². The van der Waals surface area contributed by atoms with Gasteiger partial charge in [-0.2, -0.15) is 13.2 Å². The Kier molecular flexibility index (Phi) is 1.86. The van der Waals surface area contributed by atoms with Gasteiger partial charge in [-0.05, 0) is 6.08 Å². The lowest BCUT2D eigenvalue weighted by molar-refractivity contribution is -0.101. The Balaban J connectivity index is 2.75. The van der Waals surface area contributed by atoms with Crippen LogP contribution in [0.3, 0.4) is 0 Å². The van der Waals surface area contributed by atoms with Gasteiger partial charge in [0.2, 0.25) is 6.35 Å². The summed E-state index contributed by atoms with van der Waals surface area (Å²) in [5, 5.41) is 10.3. The van der Waals surface area contributed by atoms with E-state index in [1.165, 1.54) is 0 Å². The van der Waals surface area contributed by atoms with E-state index in [0.717, 1.165) is 12.3 Å². The first-order chi connectivity index (χ1) is 5.00. The third-order valence-corrected chi connectivity index (χ3v) is 1.06. The molecule has 1 heterocycles. The number of allylic oxidation sites excluding steroid dienone is 2. The van der Waals surface area contributed by atoms with Gasteiger partial charge < -0.3 is 10.4 Å². The van der Waals surface area contributed by atoms with Gasteiger partial charge in [-0.1, -0.05) is 0 Å². The molecule has 1 atom stereocenters. The summed E-state index contributed by atoms with van der Waals surface area (Å²) in [6, 6.07) is 0. The second kappa shape index (κ2) is 2.54. The maximum atomic E-state index is 11.8. The van der Waals surface area contributed by atoms with Gasteiger partial charge in [0.1, 0.15) is 5.70 Å². The minimum atomic E-state index is -4.45. The van der Waals surface area contributed by atoms with E-state index >= 15 is 0 Å². The summed E-state index contributed by atoms with van der Waals surface area (Å²) >= 11 is 0. The van der Waals surface area contributed by atoms with Gasteiger partial charge in [0.15, 0.2) is 0 Å². The highest BCUT2D eigenvalue weighted by Crippen LogP contribution is 2.24. The summed E-state index contributed by atoms with van der Waals surface area (Å²) in [5.41, 5.74) is -0.986. The number of hydrogen-bond acceptors (Lipinski definition) is 3. The van der Waals surface area contributed by atoms with E-state index in [0.29, 0.717) is 0 Å². The average Bonchev–Trinajstić information content (AvgIpc) is 1.86. The average molecular weight is 166 g/mol. The number of nitrogens with one attached hydrogen (secondary N) is 1. The van der Waals surface area contributed by atoms with Crippen LogP contribution in [0, 0.1) is 0 Å². The van der Waals surface area contributed by atoms with Crippen molar-refractivity contribution in [1.29, 1.82) is 0 Å². The number of aliphatic hydroxyl groups is 1. The monoisotopic (exact) mass is 166 g/mol. The van der Waals surface area contributed by atoms with Gasteiger partial charge in [0, 0.05) is 6.21 Å². The third-order valence-electron chi connectivity index (χ3n) is 1.06. The van der Waals surface area contributed by atoms with Crippen LogP contribution < -0.4 is 5.32 Å². The van der Waals surface area contributed by atoms with Crippen LogP contribution in [-0.2, 0) is 0 Å². The van der Waals surface area contributed by atoms with Crippen molar-refractivity contribution in [1.82, 2.24) is 5.32 Å². The van der Waals surface area contributed by atoms with E-state index in [4.69, 9.17) is 5.11 Å². The summed E-state index contributed by atoms with van der Waals surface area (Å²) in [6.07, 6.45) is -4.28. The zero-order valence-corrected chi connectivity index (χ0v) is 5.26. The Morgan fingerprint density at radius 2 is 2.18 bits per heavy atom. The van der Waals surface area contributed by atoms with Crippen molar-refractivity contribution in [3.8, 4) is 0 Å². The first kappa shape index (κ1) is 8.06. The van der Waals surface area contributed by atoms with Crippen LogP contribution in [0.5, 0.6) is 0 Å². The number of nitrogens with zero attached hydrogens (tertiary/aromatic N) is 1. The van der Waals surface area contributed by atoms with Gasteiger partial charge in [0.05, 0.1) is 0 Å². The molecule has 1 aliphatic rings. The lowest BCUT2D eigenvalue weighted by Crippen LogP contribution is -2.35. The van der Waals surface area contributed by atoms with E-state index < -0.39 is 18.2 Å². The largest absolute Gasteiger partial charge is 0.431 e.